The molecule has 2 aromatic carbocycles. The molecule has 0 N–H and O–H groups in total. The van der Waals surface area contributed by atoms with Crippen molar-refractivity contribution in [2.24, 2.45) is 0 Å². The maximum absolute atomic E-state index is 5.89. The zero-order chi connectivity index (χ0) is 11.4. The molecule has 0 nitrogen and oxygen atoms in total. The Morgan fingerprint density at radius 1 is 0.938 bits per heavy atom. The summed E-state index contributed by atoms with van der Waals surface area (Å²) >= 11 is 5.89. The largest absolute Gasteiger partial charge is 0.0843 e. The van der Waals surface area contributed by atoms with Gasteiger partial charge in [0.05, 0.1) is 9.52 Å². The fourth-order valence-electron chi connectivity index (χ4n) is 1.88. The van der Waals surface area contributed by atoms with E-state index in [1.807, 2.05) is 12.1 Å². The quantitative estimate of drug-likeness (QED) is 0.731. The molecule has 2 rings (SSSR count). The first-order chi connectivity index (χ1) is 7.75. The Morgan fingerprint density at radius 3 is 2.19 bits per heavy atom. The van der Waals surface area contributed by atoms with Crippen LogP contribution in [0.15, 0.2) is 54.6 Å². The van der Waals surface area contributed by atoms with E-state index < -0.39 is 0 Å². The molecular weight excluding hydrogens is 232 g/mol. The maximum atomic E-state index is 5.89. The summed E-state index contributed by atoms with van der Waals surface area (Å²) in [4.78, 5) is 0. The molecule has 0 radical (unpaired) electrons. The van der Waals surface area contributed by atoms with Crippen LogP contribution in [0.2, 0.25) is 5.02 Å². The third kappa shape index (κ3) is 2.97. The van der Waals surface area contributed by atoms with Gasteiger partial charge in [-0.15, -0.1) is 0 Å². The lowest BCUT2D eigenvalue weighted by Crippen LogP contribution is -2.19. The highest BCUT2D eigenvalue weighted by Crippen LogP contribution is 2.16. The maximum Gasteiger partial charge on any atom is 0.0620 e. The van der Waals surface area contributed by atoms with Crippen LogP contribution in [0.1, 0.15) is 18.0 Å². The molecule has 0 unspecified atom stereocenters. The normalized spacial score (nSPS) is 13.1. The van der Waals surface area contributed by atoms with Crippen LogP contribution in [0.5, 0.6) is 0 Å². The summed E-state index contributed by atoms with van der Waals surface area (Å²) < 4.78 is 0. The van der Waals surface area contributed by atoms with Gasteiger partial charge in [-0.05, 0) is 23.2 Å². The second-order valence-corrected chi connectivity index (χ2v) is 7.03. The van der Waals surface area contributed by atoms with Crippen molar-refractivity contribution in [1.29, 1.82) is 0 Å². The Bertz CT molecular complexity index is 436. The molecule has 16 heavy (non-hydrogen) atoms. The lowest BCUT2D eigenvalue weighted by atomic mass is 10.2. The summed E-state index contributed by atoms with van der Waals surface area (Å²) in [6, 6.07) is 19.0. The lowest BCUT2D eigenvalue weighted by Gasteiger charge is -2.11. The molecule has 0 fully saturated rings. The van der Waals surface area contributed by atoms with Crippen molar-refractivity contribution in [3.8, 4) is 0 Å². The number of rotatable bonds is 3. The smallest absolute Gasteiger partial charge is 0.0620 e. The monoisotopic (exact) mass is 246 g/mol. The Balaban J connectivity index is 2.09. The van der Waals surface area contributed by atoms with E-state index in [9.17, 15) is 0 Å². The first-order valence-electron chi connectivity index (χ1n) is 5.55. The van der Waals surface area contributed by atoms with Gasteiger partial charge in [-0.25, -0.2) is 0 Å². The summed E-state index contributed by atoms with van der Waals surface area (Å²) in [7, 11) is -0.241. The van der Waals surface area contributed by atoms with E-state index >= 15 is 0 Å². The predicted molar refractivity (Wildman–Crippen MR) is 74.5 cm³/mol. The molecule has 2 heteroatoms. The molecule has 0 aliphatic carbocycles. The minimum absolute atomic E-state index is 0.241. The molecular formula is C14H15ClSi. The third-order valence-electron chi connectivity index (χ3n) is 2.82. The van der Waals surface area contributed by atoms with Crippen molar-refractivity contribution in [3.05, 3.63) is 65.2 Å². The average Bonchev–Trinajstić information content (AvgIpc) is 2.31. The molecule has 0 heterocycles. The van der Waals surface area contributed by atoms with Crippen LogP contribution >= 0.6 is 11.6 Å². The molecule has 0 aliphatic rings. The zero-order valence-corrected chi connectivity index (χ0v) is 11.5. The summed E-state index contributed by atoms with van der Waals surface area (Å²) in [6.07, 6.45) is 0. The summed E-state index contributed by atoms with van der Waals surface area (Å²) in [6.45, 7) is 2.31. The van der Waals surface area contributed by atoms with E-state index in [0.29, 0.717) is 5.54 Å². The van der Waals surface area contributed by atoms with Crippen molar-refractivity contribution >= 4 is 26.3 Å². The molecule has 0 spiro atoms. The molecule has 82 valence electrons. The molecule has 0 saturated carbocycles. The van der Waals surface area contributed by atoms with Crippen molar-refractivity contribution in [3.63, 3.8) is 0 Å². The van der Waals surface area contributed by atoms with Crippen LogP contribution < -0.4 is 5.19 Å². The minimum Gasteiger partial charge on any atom is -0.0843 e. The number of benzene rings is 2. The van der Waals surface area contributed by atoms with Gasteiger partial charge in [-0.3, -0.25) is 0 Å². The highest BCUT2D eigenvalue weighted by atomic mass is 35.5. The average molecular weight is 247 g/mol. The minimum atomic E-state index is -0.241. The van der Waals surface area contributed by atoms with Crippen LogP contribution in [0.25, 0.3) is 0 Å². The van der Waals surface area contributed by atoms with Crippen LogP contribution in [0.4, 0.5) is 0 Å². The Kier molecular flexibility index (Phi) is 3.81. The lowest BCUT2D eigenvalue weighted by molar-refractivity contribution is 1.07. The summed E-state index contributed by atoms with van der Waals surface area (Å²) in [5, 5.41) is 2.34. The molecule has 0 bridgehead atoms. The second kappa shape index (κ2) is 5.33. The van der Waals surface area contributed by atoms with E-state index in [0.717, 1.165) is 5.02 Å². The van der Waals surface area contributed by atoms with Crippen molar-refractivity contribution in [2.45, 2.75) is 12.5 Å². The van der Waals surface area contributed by atoms with Crippen molar-refractivity contribution < 1.29 is 0 Å². The van der Waals surface area contributed by atoms with Gasteiger partial charge in [0.1, 0.15) is 0 Å². The van der Waals surface area contributed by atoms with E-state index in [-0.39, 0.29) is 9.52 Å². The third-order valence-corrected chi connectivity index (χ3v) is 5.10. The zero-order valence-electron chi connectivity index (χ0n) is 9.36. The standard InChI is InChI=1S/C14H15ClSi/c1-11(12-7-9-13(15)10-8-12)16-14-5-3-2-4-6-14/h2-11H,16H2,1H3/t11-/m0/s1. The number of hydrogen-bond donors (Lipinski definition) is 0. The molecule has 0 aromatic heterocycles. The van der Waals surface area contributed by atoms with E-state index in [1.165, 1.54) is 10.8 Å². The van der Waals surface area contributed by atoms with Gasteiger partial charge in [0.2, 0.25) is 0 Å². The van der Waals surface area contributed by atoms with Gasteiger partial charge < -0.3 is 0 Å². The topological polar surface area (TPSA) is 0 Å². The van der Waals surface area contributed by atoms with Crippen molar-refractivity contribution in [1.82, 2.24) is 0 Å². The predicted octanol–water partition coefficient (Wildman–Crippen LogP) is 2.90. The van der Waals surface area contributed by atoms with Crippen LogP contribution in [0, 0.1) is 0 Å². The summed E-state index contributed by atoms with van der Waals surface area (Å²) in [5.74, 6) is 0. The van der Waals surface area contributed by atoms with Gasteiger partial charge in [-0.2, -0.15) is 0 Å². The Labute approximate surface area is 104 Å². The first-order valence-corrected chi connectivity index (χ1v) is 7.45. The van der Waals surface area contributed by atoms with E-state index in [1.54, 1.807) is 0 Å². The van der Waals surface area contributed by atoms with E-state index in [4.69, 9.17) is 11.6 Å². The highest BCUT2D eigenvalue weighted by Gasteiger charge is 2.06. The SMILES string of the molecule is C[C@H]([SiH2]c1ccccc1)c1ccc(Cl)cc1. The van der Waals surface area contributed by atoms with Crippen molar-refractivity contribution in [2.75, 3.05) is 0 Å². The van der Waals surface area contributed by atoms with Crippen LogP contribution in [-0.4, -0.2) is 9.52 Å². The van der Waals surface area contributed by atoms with E-state index in [2.05, 4.69) is 49.4 Å². The fraction of sp³-hybridized carbons (Fsp3) is 0.143. The number of halogens is 1. The van der Waals surface area contributed by atoms with Crippen LogP contribution in [0.3, 0.4) is 0 Å². The van der Waals surface area contributed by atoms with Gasteiger partial charge in [-0.1, -0.05) is 66.2 Å². The Hall–Kier alpha value is -1.05. The van der Waals surface area contributed by atoms with Gasteiger partial charge in [0, 0.05) is 5.02 Å². The van der Waals surface area contributed by atoms with Gasteiger partial charge >= 0.3 is 0 Å². The second-order valence-electron chi connectivity index (χ2n) is 4.14. The Morgan fingerprint density at radius 2 is 1.56 bits per heavy atom. The molecule has 0 aliphatic heterocycles. The van der Waals surface area contributed by atoms with Gasteiger partial charge in [0.25, 0.3) is 0 Å². The van der Waals surface area contributed by atoms with Gasteiger partial charge in [0.15, 0.2) is 0 Å². The fourth-order valence-corrected chi connectivity index (χ4v) is 3.76. The summed E-state index contributed by atoms with van der Waals surface area (Å²) in [5.41, 5.74) is 2.07. The first kappa shape index (κ1) is 11.4. The highest BCUT2D eigenvalue weighted by molar-refractivity contribution is 6.54. The molecule has 0 saturated heterocycles. The molecule has 0 amide bonds. The molecule has 1 atom stereocenters. The van der Waals surface area contributed by atoms with Crippen LogP contribution in [-0.2, 0) is 0 Å². The number of hydrogen-bond acceptors (Lipinski definition) is 0. The molecule has 2 aromatic rings.